The van der Waals surface area contributed by atoms with Gasteiger partial charge in [-0.05, 0) is 31.1 Å². The zero-order chi connectivity index (χ0) is 39.7. The first-order chi connectivity index (χ1) is 26.3. The molecule has 0 saturated heterocycles. The molecule has 320 valence electrons. The van der Waals surface area contributed by atoms with Gasteiger partial charge in [0.15, 0.2) is 6.10 Å². The molecule has 0 aliphatic heterocycles. The lowest BCUT2D eigenvalue weighted by Crippen LogP contribution is -2.30. The minimum Gasteiger partial charge on any atom is -0.462 e. The fourth-order valence-corrected chi connectivity index (χ4v) is 7.07. The van der Waals surface area contributed by atoms with Crippen molar-refractivity contribution < 1.29 is 28.6 Å². The number of hydrogen-bond donors (Lipinski definition) is 0. The zero-order valence-corrected chi connectivity index (χ0v) is 36.8. The molecule has 0 spiro atoms. The summed E-state index contributed by atoms with van der Waals surface area (Å²) in [6.45, 7) is 11.3. The van der Waals surface area contributed by atoms with Gasteiger partial charge in [0.1, 0.15) is 13.2 Å². The molecule has 6 heteroatoms. The van der Waals surface area contributed by atoms with E-state index in [1.54, 1.807) is 0 Å². The van der Waals surface area contributed by atoms with Gasteiger partial charge < -0.3 is 14.2 Å². The van der Waals surface area contributed by atoms with Crippen LogP contribution in [0.4, 0.5) is 0 Å². The molecule has 0 fully saturated rings. The third-order valence-corrected chi connectivity index (χ3v) is 11.1. The molecule has 54 heavy (non-hydrogen) atoms. The molecule has 0 N–H and O–H groups in total. The standard InChI is InChI=1S/C48H92O6/c1-6-8-9-10-11-12-17-25-30-35-40-48(51)54-45(42-53-47(50)39-34-29-24-20-19-22-27-32-37-44(5)7-2)41-52-46(49)38-33-28-23-18-15-13-14-16-21-26-31-36-43(3)4/h43-45H,6-42H2,1-5H3/t44?,45-/m1/s1. The Morgan fingerprint density at radius 3 is 1.06 bits per heavy atom. The molecule has 0 aromatic heterocycles. The Balaban J connectivity index is 4.32. The summed E-state index contributed by atoms with van der Waals surface area (Å²) in [6, 6.07) is 0. The third kappa shape index (κ3) is 40.1. The summed E-state index contributed by atoms with van der Waals surface area (Å²) < 4.78 is 16.7. The maximum Gasteiger partial charge on any atom is 0.306 e. The topological polar surface area (TPSA) is 78.9 Å². The lowest BCUT2D eigenvalue weighted by Gasteiger charge is -2.18. The summed E-state index contributed by atoms with van der Waals surface area (Å²) in [4.78, 5) is 37.7. The van der Waals surface area contributed by atoms with Gasteiger partial charge >= 0.3 is 17.9 Å². The minimum absolute atomic E-state index is 0.0648. The number of carbonyl (C=O) groups is 3. The first-order valence-corrected chi connectivity index (χ1v) is 23.8. The fraction of sp³-hybridized carbons (Fsp3) is 0.938. The monoisotopic (exact) mass is 765 g/mol. The van der Waals surface area contributed by atoms with Crippen molar-refractivity contribution in [1.29, 1.82) is 0 Å². The van der Waals surface area contributed by atoms with Gasteiger partial charge in [-0.25, -0.2) is 0 Å². The number of esters is 3. The van der Waals surface area contributed by atoms with Crippen LogP contribution in [0.5, 0.6) is 0 Å². The first-order valence-electron chi connectivity index (χ1n) is 23.8. The Morgan fingerprint density at radius 2 is 0.704 bits per heavy atom. The van der Waals surface area contributed by atoms with Gasteiger partial charge in [0, 0.05) is 19.3 Å². The molecule has 0 rings (SSSR count). The van der Waals surface area contributed by atoms with E-state index in [0.29, 0.717) is 19.3 Å². The Morgan fingerprint density at radius 1 is 0.389 bits per heavy atom. The predicted molar refractivity (Wildman–Crippen MR) is 229 cm³/mol. The first kappa shape index (κ1) is 52.4. The van der Waals surface area contributed by atoms with Gasteiger partial charge in [0.05, 0.1) is 0 Å². The molecular formula is C48H92O6. The second-order valence-corrected chi connectivity index (χ2v) is 17.1. The maximum absolute atomic E-state index is 12.7. The van der Waals surface area contributed by atoms with Gasteiger partial charge in [-0.15, -0.1) is 0 Å². The molecule has 0 aromatic rings. The van der Waals surface area contributed by atoms with Crippen molar-refractivity contribution in [3.05, 3.63) is 0 Å². The van der Waals surface area contributed by atoms with Crippen molar-refractivity contribution in [3.8, 4) is 0 Å². The van der Waals surface area contributed by atoms with Crippen LogP contribution in [0.25, 0.3) is 0 Å². The second kappa shape index (κ2) is 41.1. The van der Waals surface area contributed by atoms with Crippen molar-refractivity contribution in [1.82, 2.24) is 0 Å². The van der Waals surface area contributed by atoms with Gasteiger partial charge in [0.2, 0.25) is 0 Å². The van der Waals surface area contributed by atoms with E-state index in [9.17, 15) is 14.4 Å². The molecule has 2 atom stereocenters. The van der Waals surface area contributed by atoms with Crippen LogP contribution in [0, 0.1) is 11.8 Å². The molecule has 0 radical (unpaired) electrons. The third-order valence-electron chi connectivity index (χ3n) is 11.1. The maximum atomic E-state index is 12.7. The van der Waals surface area contributed by atoms with E-state index in [1.165, 1.54) is 148 Å². The molecule has 0 amide bonds. The van der Waals surface area contributed by atoms with Crippen LogP contribution in [0.2, 0.25) is 0 Å². The molecule has 0 saturated carbocycles. The van der Waals surface area contributed by atoms with E-state index in [1.807, 2.05) is 0 Å². The van der Waals surface area contributed by atoms with Crippen LogP contribution in [0.1, 0.15) is 259 Å². The highest BCUT2D eigenvalue weighted by Gasteiger charge is 2.19. The highest BCUT2D eigenvalue weighted by Crippen LogP contribution is 2.17. The summed E-state index contributed by atoms with van der Waals surface area (Å²) in [5.74, 6) is 0.818. The second-order valence-electron chi connectivity index (χ2n) is 17.1. The fourth-order valence-electron chi connectivity index (χ4n) is 7.07. The summed E-state index contributed by atoms with van der Waals surface area (Å²) in [6.07, 6.45) is 39.4. The highest BCUT2D eigenvalue weighted by molar-refractivity contribution is 5.71. The van der Waals surface area contributed by atoms with Crippen molar-refractivity contribution in [3.63, 3.8) is 0 Å². The SMILES string of the molecule is CCCCCCCCCCCCC(=O)O[C@H](COC(=O)CCCCCCCCCCCCCC(C)C)COC(=O)CCCCCCCCCCC(C)CC. The Kier molecular flexibility index (Phi) is 39.8. The van der Waals surface area contributed by atoms with Crippen LogP contribution in [0.3, 0.4) is 0 Å². The van der Waals surface area contributed by atoms with Gasteiger partial charge in [0.25, 0.3) is 0 Å². The number of rotatable bonds is 42. The van der Waals surface area contributed by atoms with Gasteiger partial charge in [-0.3, -0.25) is 14.4 Å². The molecule has 6 nitrogen and oxygen atoms in total. The van der Waals surface area contributed by atoms with E-state index in [4.69, 9.17) is 14.2 Å². The molecule has 0 heterocycles. The van der Waals surface area contributed by atoms with Crippen molar-refractivity contribution in [2.45, 2.75) is 265 Å². The largest absolute Gasteiger partial charge is 0.462 e. The highest BCUT2D eigenvalue weighted by atomic mass is 16.6. The number of unbranched alkanes of at least 4 members (excludes halogenated alkanes) is 26. The lowest BCUT2D eigenvalue weighted by atomic mass is 9.99. The Hall–Kier alpha value is -1.59. The van der Waals surface area contributed by atoms with Crippen LogP contribution in [0.15, 0.2) is 0 Å². The molecule has 0 aliphatic carbocycles. The molecule has 1 unspecified atom stereocenters. The number of carbonyl (C=O) groups excluding carboxylic acids is 3. The van der Waals surface area contributed by atoms with Gasteiger partial charge in [-0.2, -0.15) is 0 Å². The summed E-state index contributed by atoms with van der Waals surface area (Å²) >= 11 is 0. The average Bonchev–Trinajstić information content (AvgIpc) is 3.15. The summed E-state index contributed by atoms with van der Waals surface area (Å²) in [7, 11) is 0. The summed E-state index contributed by atoms with van der Waals surface area (Å²) in [5, 5.41) is 0. The van der Waals surface area contributed by atoms with E-state index >= 15 is 0 Å². The van der Waals surface area contributed by atoms with Crippen LogP contribution in [-0.4, -0.2) is 37.2 Å². The molecular weight excluding hydrogens is 673 g/mol. The van der Waals surface area contributed by atoms with E-state index in [0.717, 1.165) is 69.6 Å². The van der Waals surface area contributed by atoms with Crippen LogP contribution < -0.4 is 0 Å². The van der Waals surface area contributed by atoms with E-state index in [2.05, 4.69) is 34.6 Å². The van der Waals surface area contributed by atoms with E-state index in [-0.39, 0.29) is 31.1 Å². The summed E-state index contributed by atoms with van der Waals surface area (Å²) in [5.41, 5.74) is 0. The van der Waals surface area contributed by atoms with Gasteiger partial charge in [-0.1, -0.05) is 221 Å². The Labute approximate surface area is 336 Å². The lowest BCUT2D eigenvalue weighted by molar-refractivity contribution is -0.167. The number of ether oxygens (including phenoxy) is 3. The van der Waals surface area contributed by atoms with Crippen LogP contribution in [-0.2, 0) is 28.6 Å². The normalized spacial score (nSPS) is 12.6. The smallest absolute Gasteiger partial charge is 0.306 e. The zero-order valence-electron chi connectivity index (χ0n) is 36.8. The molecule has 0 aromatic carbocycles. The predicted octanol–water partition coefficient (Wildman–Crippen LogP) is 15.0. The average molecular weight is 765 g/mol. The minimum atomic E-state index is -0.760. The van der Waals surface area contributed by atoms with Crippen molar-refractivity contribution in [2.24, 2.45) is 11.8 Å². The van der Waals surface area contributed by atoms with E-state index < -0.39 is 6.10 Å². The molecule has 0 bridgehead atoms. The quantitative estimate of drug-likeness (QED) is 0.0350. The van der Waals surface area contributed by atoms with Crippen LogP contribution >= 0.6 is 0 Å². The van der Waals surface area contributed by atoms with Crippen molar-refractivity contribution in [2.75, 3.05) is 13.2 Å². The number of hydrogen-bond acceptors (Lipinski definition) is 6. The molecule has 0 aliphatic rings. The van der Waals surface area contributed by atoms with Crippen molar-refractivity contribution >= 4 is 17.9 Å². The Bertz CT molecular complexity index is 826.